The number of rotatable bonds is 10. The second-order valence-electron chi connectivity index (χ2n) is 9.93. The molecule has 4 aromatic rings. The number of aromatic nitrogens is 2. The molecule has 0 radical (unpaired) electrons. The zero-order valence-electron chi connectivity index (χ0n) is 24.4. The summed E-state index contributed by atoms with van der Waals surface area (Å²) in [7, 11) is 0. The summed E-state index contributed by atoms with van der Waals surface area (Å²) in [6, 6.07) is 23.9. The highest BCUT2D eigenvalue weighted by atomic mass is 16.7. The topological polar surface area (TPSA) is 169 Å². The Balaban J connectivity index is 1.56. The van der Waals surface area contributed by atoms with Crippen molar-refractivity contribution in [3.8, 4) is 0 Å². The molecule has 1 saturated heterocycles. The van der Waals surface area contributed by atoms with Gasteiger partial charge in [0.25, 0.3) is 5.56 Å². The first-order valence-electron chi connectivity index (χ1n) is 14.2. The zero-order chi connectivity index (χ0) is 32.6. The highest BCUT2D eigenvalue weighted by Gasteiger charge is 2.52. The highest BCUT2D eigenvalue weighted by molar-refractivity contribution is 5.91. The van der Waals surface area contributed by atoms with E-state index in [0.717, 1.165) is 10.8 Å². The van der Waals surface area contributed by atoms with Crippen molar-refractivity contribution in [1.29, 1.82) is 0 Å². The van der Waals surface area contributed by atoms with E-state index in [1.54, 1.807) is 54.6 Å². The Bertz CT molecular complexity index is 1820. The summed E-state index contributed by atoms with van der Waals surface area (Å²) >= 11 is 0. The summed E-state index contributed by atoms with van der Waals surface area (Å²) in [5.74, 6) is -3.42. The first kappa shape index (κ1) is 31.6. The predicted molar refractivity (Wildman–Crippen MR) is 159 cm³/mol. The Morgan fingerprint density at radius 3 is 1.72 bits per heavy atom. The van der Waals surface area contributed by atoms with Gasteiger partial charge in [0.2, 0.25) is 0 Å². The zero-order valence-corrected chi connectivity index (χ0v) is 24.4. The van der Waals surface area contributed by atoms with Gasteiger partial charge in [0, 0.05) is 6.20 Å². The quantitative estimate of drug-likeness (QED) is 0.202. The molecule has 1 fully saturated rings. The minimum Gasteiger partial charge on any atom is -0.462 e. The van der Waals surface area contributed by atoms with Crippen molar-refractivity contribution >= 4 is 23.9 Å². The van der Waals surface area contributed by atoms with Crippen LogP contribution in [-0.4, -0.2) is 65.0 Å². The molecule has 13 heteroatoms. The van der Waals surface area contributed by atoms with Crippen molar-refractivity contribution in [3.05, 3.63) is 140 Å². The Kier molecular flexibility index (Phi) is 9.83. The first-order valence-corrected chi connectivity index (χ1v) is 14.2. The van der Waals surface area contributed by atoms with Gasteiger partial charge in [-0.1, -0.05) is 54.6 Å². The number of hydrogen-bond donors (Lipinski definition) is 1. The molecule has 1 aliphatic heterocycles. The summed E-state index contributed by atoms with van der Waals surface area (Å²) in [5.41, 5.74) is -2.05. The molecule has 0 bridgehead atoms. The number of hydrogen-bond acceptors (Lipinski definition) is 11. The standard InChI is InChI=1S/C33H28N2O11/c1-2-42-32(40)23-18-35(33(41)34-27(23)36)28-26(46-31(39)22-16-10-5-11-17-22)25(45-30(38)21-14-8-4-9-15-21)24(44-28)19-43-29(37)20-12-6-3-7-13-20/h3-18,24-26,28H,2,19H2,1H3,(H,34,36,41)/t24-,25-,26-,28-/m1/s1. The van der Waals surface area contributed by atoms with Crippen molar-refractivity contribution in [2.45, 2.75) is 31.5 Å². The number of esters is 4. The number of carbonyl (C=O) groups excluding carboxylic acids is 4. The number of aromatic amines is 1. The minimum absolute atomic E-state index is 0.0546. The smallest absolute Gasteiger partial charge is 0.345 e. The van der Waals surface area contributed by atoms with E-state index in [2.05, 4.69) is 0 Å². The molecule has 1 aromatic heterocycles. The van der Waals surface area contributed by atoms with Crippen LogP contribution in [-0.2, 0) is 23.7 Å². The fraction of sp³-hybridized carbons (Fsp3) is 0.212. The van der Waals surface area contributed by atoms with Crippen LogP contribution in [0.3, 0.4) is 0 Å². The summed E-state index contributed by atoms with van der Waals surface area (Å²) in [5, 5.41) is 0. The predicted octanol–water partition coefficient (Wildman–Crippen LogP) is 2.92. The number of ether oxygens (including phenoxy) is 5. The van der Waals surface area contributed by atoms with Gasteiger partial charge in [-0.25, -0.2) is 24.0 Å². The second kappa shape index (κ2) is 14.3. The molecule has 0 aliphatic carbocycles. The lowest BCUT2D eigenvalue weighted by atomic mass is 10.1. The maximum Gasteiger partial charge on any atom is 0.345 e. The fourth-order valence-corrected chi connectivity index (χ4v) is 4.71. The average Bonchev–Trinajstić information content (AvgIpc) is 3.40. The van der Waals surface area contributed by atoms with E-state index in [1.165, 1.54) is 43.3 Å². The minimum atomic E-state index is -1.57. The number of nitrogens with zero attached hydrogens (tertiary/aromatic N) is 1. The molecule has 236 valence electrons. The molecule has 4 atom stereocenters. The molecule has 5 rings (SSSR count). The molecule has 13 nitrogen and oxygen atoms in total. The average molecular weight is 629 g/mol. The van der Waals surface area contributed by atoms with E-state index in [1.807, 2.05) is 4.98 Å². The van der Waals surface area contributed by atoms with Crippen molar-refractivity contribution in [2.75, 3.05) is 13.2 Å². The van der Waals surface area contributed by atoms with Gasteiger partial charge in [0.05, 0.1) is 23.3 Å². The molecular weight excluding hydrogens is 600 g/mol. The van der Waals surface area contributed by atoms with Crippen LogP contribution in [0.2, 0.25) is 0 Å². The van der Waals surface area contributed by atoms with Crippen molar-refractivity contribution in [3.63, 3.8) is 0 Å². The van der Waals surface area contributed by atoms with Crippen LogP contribution in [0.25, 0.3) is 0 Å². The maximum absolute atomic E-state index is 13.3. The second-order valence-corrected chi connectivity index (χ2v) is 9.93. The van der Waals surface area contributed by atoms with Gasteiger partial charge in [-0.05, 0) is 43.3 Å². The van der Waals surface area contributed by atoms with E-state index >= 15 is 0 Å². The van der Waals surface area contributed by atoms with E-state index in [0.29, 0.717) is 0 Å². The number of H-pyrrole nitrogens is 1. The van der Waals surface area contributed by atoms with Gasteiger partial charge in [-0.15, -0.1) is 0 Å². The lowest BCUT2D eigenvalue weighted by Crippen LogP contribution is -2.43. The molecule has 1 aliphatic rings. The van der Waals surface area contributed by atoms with Crippen LogP contribution in [0.5, 0.6) is 0 Å². The molecule has 1 N–H and O–H groups in total. The number of carbonyl (C=O) groups is 4. The third-order valence-electron chi connectivity index (χ3n) is 6.92. The van der Waals surface area contributed by atoms with Gasteiger partial charge >= 0.3 is 29.6 Å². The highest BCUT2D eigenvalue weighted by Crippen LogP contribution is 2.35. The number of nitrogens with one attached hydrogen (secondary N) is 1. The van der Waals surface area contributed by atoms with E-state index in [-0.39, 0.29) is 23.3 Å². The Morgan fingerprint density at radius 1 is 0.696 bits per heavy atom. The van der Waals surface area contributed by atoms with E-state index < -0.39 is 71.8 Å². The van der Waals surface area contributed by atoms with Gasteiger partial charge in [-0.3, -0.25) is 14.3 Å². The number of benzene rings is 3. The summed E-state index contributed by atoms with van der Waals surface area (Å²) in [4.78, 5) is 79.5. The van der Waals surface area contributed by atoms with Gasteiger partial charge in [-0.2, -0.15) is 0 Å². The molecule has 2 heterocycles. The molecule has 0 saturated carbocycles. The van der Waals surface area contributed by atoms with Crippen LogP contribution in [0, 0.1) is 0 Å². The molecule has 3 aromatic carbocycles. The largest absolute Gasteiger partial charge is 0.462 e. The lowest BCUT2D eigenvalue weighted by Gasteiger charge is -2.25. The Hall–Kier alpha value is -5.82. The normalized spacial score (nSPS) is 18.7. The van der Waals surface area contributed by atoms with E-state index in [4.69, 9.17) is 23.7 Å². The monoisotopic (exact) mass is 628 g/mol. The Morgan fingerprint density at radius 2 is 1.20 bits per heavy atom. The maximum atomic E-state index is 13.3. The summed E-state index contributed by atoms with van der Waals surface area (Å²) < 4.78 is 29.0. The molecular formula is C33H28N2O11. The third kappa shape index (κ3) is 7.11. The van der Waals surface area contributed by atoms with E-state index in [9.17, 15) is 28.8 Å². The van der Waals surface area contributed by atoms with Crippen LogP contribution in [0.4, 0.5) is 0 Å². The van der Waals surface area contributed by atoms with Gasteiger partial charge in [0.15, 0.2) is 18.4 Å². The van der Waals surface area contributed by atoms with Crippen LogP contribution in [0.1, 0.15) is 54.6 Å². The molecule has 0 spiro atoms. The first-order chi connectivity index (χ1) is 22.3. The van der Waals surface area contributed by atoms with Crippen LogP contribution < -0.4 is 11.2 Å². The van der Waals surface area contributed by atoms with Crippen LogP contribution >= 0.6 is 0 Å². The van der Waals surface area contributed by atoms with Crippen LogP contribution in [0.15, 0.2) is 107 Å². The summed E-state index contributed by atoms with van der Waals surface area (Å²) in [6.07, 6.45) is -4.94. The third-order valence-corrected chi connectivity index (χ3v) is 6.92. The molecule has 46 heavy (non-hydrogen) atoms. The van der Waals surface area contributed by atoms with Gasteiger partial charge < -0.3 is 23.7 Å². The molecule has 0 unspecified atom stereocenters. The van der Waals surface area contributed by atoms with Gasteiger partial charge in [0.1, 0.15) is 18.3 Å². The lowest BCUT2D eigenvalue weighted by molar-refractivity contribution is -0.0641. The SMILES string of the molecule is CCOC(=O)c1cn([C@@H]2O[C@H](COC(=O)c3ccccc3)[C@@H](OC(=O)c3ccccc3)[C@H]2OC(=O)c2ccccc2)c(=O)[nH]c1=O. The molecule has 0 amide bonds. The Labute approximate surface area is 261 Å². The fourth-order valence-electron chi connectivity index (χ4n) is 4.71. The van der Waals surface area contributed by atoms with Crippen molar-refractivity contribution in [2.24, 2.45) is 0 Å². The van der Waals surface area contributed by atoms with Crippen molar-refractivity contribution < 1.29 is 42.9 Å². The summed E-state index contributed by atoms with van der Waals surface area (Å²) in [6.45, 7) is 0.981. The van der Waals surface area contributed by atoms with Crippen molar-refractivity contribution in [1.82, 2.24) is 9.55 Å².